The Morgan fingerprint density at radius 2 is 2.03 bits per heavy atom. The Morgan fingerprint density at radius 3 is 2.67 bits per heavy atom. The van der Waals surface area contributed by atoms with Gasteiger partial charge in [-0.1, -0.05) is 19.3 Å². The van der Waals surface area contributed by atoms with Gasteiger partial charge >= 0.3 is 0 Å². The van der Waals surface area contributed by atoms with Crippen molar-refractivity contribution in [1.29, 1.82) is 5.41 Å². The molecule has 1 saturated carbocycles. The Kier molecular flexibility index (Phi) is 5.52. The summed E-state index contributed by atoms with van der Waals surface area (Å²) >= 11 is 0. The second-order valence-electron chi connectivity index (χ2n) is 8.17. The number of hydrogen-bond donors (Lipinski definition) is 3. The highest BCUT2D eigenvalue weighted by molar-refractivity contribution is 5.83. The van der Waals surface area contributed by atoms with Crippen molar-refractivity contribution in [2.24, 2.45) is 0 Å². The first-order valence-electron chi connectivity index (χ1n) is 10.4. The molecular formula is C21H26N6O3. The summed E-state index contributed by atoms with van der Waals surface area (Å²) in [6.45, 7) is 3.08. The standard InChI is InChI=1S/C21H26N6O3/c1-13-9-16(7-8-18(13)27(29)30)26-11-14(12-26)19-24-20(17(10-22)21(28)25-19)23-15-5-3-2-4-6-15/h7-10,14-15,22H,2-6,11-12H2,1H3,(H2,23,24,25,28). The summed E-state index contributed by atoms with van der Waals surface area (Å²) in [5.74, 6) is 1.19. The number of rotatable bonds is 6. The van der Waals surface area contributed by atoms with Crippen LogP contribution in [0.3, 0.4) is 0 Å². The first kappa shape index (κ1) is 20.1. The third kappa shape index (κ3) is 3.92. The molecule has 2 aliphatic rings. The van der Waals surface area contributed by atoms with Crippen LogP contribution in [0.15, 0.2) is 23.0 Å². The van der Waals surface area contributed by atoms with E-state index >= 15 is 0 Å². The summed E-state index contributed by atoms with van der Waals surface area (Å²) in [6, 6.07) is 5.40. The van der Waals surface area contributed by atoms with E-state index in [4.69, 9.17) is 5.41 Å². The molecule has 30 heavy (non-hydrogen) atoms. The molecular weight excluding hydrogens is 384 g/mol. The molecule has 1 aromatic carbocycles. The van der Waals surface area contributed by atoms with E-state index in [1.807, 2.05) is 6.07 Å². The highest BCUT2D eigenvalue weighted by atomic mass is 16.6. The van der Waals surface area contributed by atoms with E-state index in [1.54, 1.807) is 13.0 Å². The lowest BCUT2D eigenvalue weighted by molar-refractivity contribution is -0.385. The molecule has 1 aromatic heterocycles. The van der Waals surface area contributed by atoms with Gasteiger partial charge in [0.05, 0.1) is 16.4 Å². The van der Waals surface area contributed by atoms with Gasteiger partial charge in [0.2, 0.25) is 0 Å². The molecule has 158 valence electrons. The SMILES string of the molecule is Cc1cc(N2CC(c3nc(NC4CCCCC4)c(C=N)c(=O)[nH]3)C2)ccc1[N+](=O)[O-]. The second-order valence-corrected chi connectivity index (χ2v) is 8.17. The maximum atomic E-state index is 12.5. The van der Waals surface area contributed by atoms with Gasteiger partial charge in [-0.3, -0.25) is 14.9 Å². The van der Waals surface area contributed by atoms with Crippen molar-refractivity contribution in [1.82, 2.24) is 9.97 Å². The predicted molar refractivity (Wildman–Crippen MR) is 116 cm³/mol. The van der Waals surface area contributed by atoms with Crippen molar-refractivity contribution in [3.63, 3.8) is 0 Å². The van der Waals surface area contributed by atoms with Gasteiger partial charge in [-0.25, -0.2) is 4.98 Å². The fourth-order valence-corrected chi connectivity index (χ4v) is 4.28. The number of nitrogens with one attached hydrogen (secondary N) is 3. The number of aromatic amines is 1. The zero-order chi connectivity index (χ0) is 21.3. The van der Waals surface area contributed by atoms with Gasteiger partial charge in [-0.2, -0.15) is 0 Å². The fourth-order valence-electron chi connectivity index (χ4n) is 4.28. The van der Waals surface area contributed by atoms with E-state index in [-0.39, 0.29) is 27.7 Å². The molecule has 0 bridgehead atoms. The van der Waals surface area contributed by atoms with Crippen LogP contribution in [0.4, 0.5) is 17.2 Å². The maximum absolute atomic E-state index is 12.5. The normalized spacial score (nSPS) is 17.4. The zero-order valence-corrected chi connectivity index (χ0v) is 17.0. The Balaban J connectivity index is 1.50. The molecule has 0 spiro atoms. The van der Waals surface area contributed by atoms with Gasteiger partial charge in [0, 0.05) is 42.7 Å². The van der Waals surface area contributed by atoms with Crippen molar-refractivity contribution in [2.75, 3.05) is 23.3 Å². The highest BCUT2D eigenvalue weighted by Gasteiger charge is 2.32. The van der Waals surface area contributed by atoms with E-state index in [0.29, 0.717) is 36.3 Å². The Morgan fingerprint density at radius 1 is 1.30 bits per heavy atom. The third-order valence-electron chi connectivity index (χ3n) is 6.07. The van der Waals surface area contributed by atoms with Gasteiger partial charge in [0.1, 0.15) is 11.6 Å². The Hall–Kier alpha value is -3.23. The molecule has 1 saturated heterocycles. The second kappa shape index (κ2) is 8.25. The molecule has 0 atom stereocenters. The van der Waals surface area contributed by atoms with Gasteiger partial charge in [-0.05, 0) is 31.9 Å². The van der Waals surface area contributed by atoms with Crippen molar-refractivity contribution < 1.29 is 4.92 Å². The first-order valence-corrected chi connectivity index (χ1v) is 10.4. The molecule has 2 heterocycles. The Labute approximate surface area is 174 Å². The molecule has 2 aromatic rings. The topological polar surface area (TPSA) is 128 Å². The third-order valence-corrected chi connectivity index (χ3v) is 6.07. The molecule has 3 N–H and O–H groups in total. The minimum atomic E-state index is -0.377. The van der Waals surface area contributed by atoms with E-state index in [2.05, 4.69) is 20.2 Å². The Bertz CT molecular complexity index is 1020. The lowest BCUT2D eigenvalue weighted by atomic mass is 9.95. The van der Waals surface area contributed by atoms with Crippen LogP contribution in [0.1, 0.15) is 55.0 Å². The molecule has 0 radical (unpaired) electrons. The molecule has 1 aliphatic carbocycles. The number of nitro groups is 1. The number of nitro benzene ring substituents is 1. The number of benzene rings is 1. The summed E-state index contributed by atoms with van der Waals surface area (Å²) in [5.41, 5.74) is 1.64. The average Bonchev–Trinajstić information content (AvgIpc) is 2.67. The average molecular weight is 410 g/mol. The molecule has 9 heteroatoms. The van der Waals surface area contributed by atoms with E-state index < -0.39 is 0 Å². The lowest BCUT2D eigenvalue weighted by Crippen LogP contribution is -2.46. The highest BCUT2D eigenvalue weighted by Crippen LogP contribution is 2.33. The van der Waals surface area contributed by atoms with Gasteiger partial charge in [0.15, 0.2) is 0 Å². The van der Waals surface area contributed by atoms with Gasteiger partial charge in [0.25, 0.3) is 11.2 Å². The molecule has 4 rings (SSSR count). The van der Waals surface area contributed by atoms with Crippen LogP contribution in [0.25, 0.3) is 0 Å². The van der Waals surface area contributed by atoms with Crippen LogP contribution in [0.5, 0.6) is 0 Å². The van der Waals surface area contributed by atoms with Crippen LogP contribution in [0, 0.1) is 22.4 Å². The van der Waals surface area contributed by atoms with Crippen LogP contribution in [-0.4, -0.2) is 40.2 Å². The quantitative estimate of drug-likeness (QED) is 0.381. The van der Waals surface area contributed by atoms with E-state index in [0.717, 1.165) is 24.7 Å². The van der Waals surface area contributed by atoms with Crippen LogP contribution < -0.4 is 15.8 Å². The van der Waals surface area contributed by atoms with Gasteiger partial charge in [-0.15, -0.1) is 0 Å². The summed E-state index contributed by atoms with van der Waals surface area (Å²) in [6.07, 6.45) is 6.74. The minimum absolute atomic E-state index is 0.0693. The number of anilines is 2. The number of H-pyrrole nitrogens is 1. The number of nitrogens with zero attached hydrogens (tertiary/aromatic N) is 3. The van der Waals surface area contributed by atoms with E-state index in [1.165, 1.54) is 25.3 Å². The molecule has 1 aliphatic heterocycles. The van der Waals surface area contributed by atoms with Crippen molar-refractivity contribution >= 4 is 23.4 Å². The lowest BCUT2D eigenvalue weighted by Gasteiger charge is -2.40. The molecule has 0 unspecified atom stereocenters. The number of aryl methyl sites for hydroxylation is 1. The fraction of sp³-hybridized carbons (Fsp3) is 0.476. The summed E-state index contributed by atoms with van der Waals surface area (Å²) in [7, 11) is 0. The van der Waals surface area contributed by atoms with E-state index in [9.17, 15) is 14.9 Å². The van der Waals surface area contributed by atoms with Crippen LogP contribution in [0.2, 0.25) is 0 Å². The van der Waals surface area contributed by atoms with Crippen molar-refractivity contribution in [2.45, 2.75) is 51.0 Å². The number of hydrogen-bond acceptors (Lipinski definition) is 7. The number of aromatic nitrogens is 2. The maximum Gasteiger partial charge on any atom is 0.272 e. The predicted octanol–water partition coefficient (Wildman–Crippen LogP) is 3.33. The van der Waals surface area contributed by atoms with Gasteiger partial charge < -0.3 is 20.6 Å². The minimum Gasteiger partial charge on any atom is -0.370 e. The van der Waals surface area contributed by atoms with Crippen molar-refractivity contribution in [3.8, 4) is 0 Å². The zero-order valence-electron chi connectivity index (χ0n) is 17.0. The molecule has 0 amide bonds. The monoisotopic (exact) mass is 410 g/mol. The largest absolute Gasteiger partial charge is 0.370 e. The first-order chi connectivity index (χ1) is 14.5. The summed E-state index contributed by atoms with van der Waals surface area (Å²) < 4.78 is 0. The van der Waals surface area contributed by atoms with Crippen LogP contribution >= 0.6 is 0 Å². The summed E-state index contributed by atoms with van der Waals surface area (Å²) in [4.78, 5) is 32.8. The van der Waals surface area contributed by atoms with Crippen molar-refractivity contribution in [3.05, 3.63) is 55.6 Å². The molecule has 2 fully saturated rings. The summed E-state index contributed by atoms with van der Waals surface area (Å²) in [5, 5.41) is 22.0. The molecule has 9 nitrogen and oxygen atoms in total. The smallest absolute Gasteiger partial charge is 0.272 e. The van der Waals surface area contributed by atoms with Crippen LogP contribution in [-0.2, 0) is 0 Å².